The summed E-state index contributed by atoms with van der Waals surface area (Å²) in [6, 6.07) is 40.1. The predicted octanol–water partition coefficient (Wildman–Crippen LogP) is 8.60. The molecule has 1 atom stereocenters. The van der Waals surface area contributed by atoms with E-state index in [4.69, 9.17) is 4.99 Å². The second-order valence-electron chi connectivity index (χ2n) is 13.2. The highest BCUT2D eigenvalue weighted by atomic mass is 15.3. The molecule has 49 heavy (non-hydrogen) atoms. The Kier molecular flexibility index (Phi) is 5.54. The third-order valence-electron chi connectivity index (χ3n) is 10.5. The van der Waals surface area contributed by atoms with E-state index in [-0.39, 0.29) is 6.17 Å². The summed E-state index contributed by atoms with van der Waals surface area (Å²) < 4.78 is 2.50. The third-order valence-corrected chi connectivity index (χ3v) is 10.5. The summed E-state index contributed by atoms with van der Waals surface area (Å²) in [5.41, 5.74) is 9.36. The van der Waals surface area contributed by atoms with E-state index in [1.165, 1.54) is 70.8 Å². The van der Waals surface area contributed by atoms with Crippen LogP contribution < -0.4 is 16.0 Å². The van der Waals surface area contributed by atoms with Gasteiger partial charge in [-0.2, -0.15) is 0 Å². The normalized spacial score (nSPS) is 17.5. The summed E-state index contributed by atoms with van der Waals surface area (Å²) in [4.78, 5) is 9.61. The minimum absolute atomic E-state index is 0.0142. The summed E-state index contributed by atoms with van der Waals surface area (Å²) in [5.74, 6) is 1.60. The van der Waals surface area contributed by atoms with Gasteiger partial charge >= 0.3 is 0 Å². The Hall–Kier alpha value is -6.24. The number of quaternary nitrogens is 1. The molecule has 0 saturated heterocycles. The number of nitrogens with zero attached hydrogens (tertiary/aromatic N) is 3. The molecular weight excluding hydrogens is 601 g/mol. The number of anilines is 1. The molecule has 4 heterocycles. The molecule has 2 aliphatic heterocycles. The van der Waals surface area contributed by atoms with E-state index >= 15 is 0 Å². The molecule has 0 amide bonds. The van der Waals surface area contributed by atoms with Crippen molar-refractivity contribution in [3.63, 3.8) is 0 Å². The van der Waals surface area contributed by atoms with Crippen molar-refractivity contribution in [2.75, 3.05) is 5.32 Å². The van der Waals surface area contributed by atoms with Crippen molar-refractivity contribution in [3.05, 3.63) is 145 Å². The molecule has 0 saturated carbocycles. The average Bonchev–Trinajstić information content (AvgIpc) is 3.85. The van der Waals surface area contributed by atoms with Crippen LogP contribution in [0.4, 0.5) is 5.69 Å². The topological polar surface area (TPSA) is 69.8 Å². The van der Waals surface area contributed by atoms with Crippen molar-refractivity contribution >= 4 is 77.5 Å². The standard InChI is InChI=1S/C43H30N6/c1-2-11-25(12-3-1)39-41(48-43-42(47-39)44-24-45-43)46-35-20-9-8-16-29(35)33-23-37-38(30-17-7-6-15-28(30)33)32-19-10-18-31-34-21-26-13-4-5-14-27(26)22-36(34)49(37)40(31)32/h2,4-24,42,46-47H,1,3H2,(H,44,45,48)/p+1. The van der Waals surface area contributed by atoms with Crippen molar-refractivity contribution in [1.29, 1.82) is 0 Å². The largest absolute Gasteiger partial charge is 0.335 e. The van der Waals surface area contributed by atoms with Gasteiger partial charge < -0.3 is 15.0 Å². The van der Waals surface area contributed by atoms with Gasteiger partial charge in [0.05, 0.1) is 22.9 Å². The first-order valence-corrected chi connectivity index (χ1v) is 17.0. The van der Waals surface area contributed by atoms with Crippen LogP contribution >= 0.6 is 0 Å². The highest BCUT2D eigenvalue weighted by molar-refractivity contribution is 6.31. The Morgan fingerprint density at radius 1 is 0.714 bits per heavy atom. The van der Waals surface area contributed by atoms with Crippen molar-refractivity contribution in [2.45, 2.75) is 19.0 Å². The molecular formula is C43H31N6+. The van der Waals surface area contributed by atoms with Gasteiger partial charge in [0.2, 0.25) is 12.0 Å². The number of allylic oxidation sites excluding steroid dienone is 3. The number of fused-ring (bicyclic) bond motifs is 10. The Labute approximate surface area is 281 Å². The van der Waals surface area contributed by atoms with Crippen LogP contribution in [0, 0.1) is 0 Å². The summed E-state index contributed by atoms with van der Waals surface area (Å²) in [7, 11) is 0. The lowest BCUT2D eigenvalue weighted by atomic mass is 9.93. The zero-order valence-electron chi connectivity index (χ0n) is 26.6. The van der Waals surface area contributed by atoms with E-state index in [0.29, 0.717) is 0 Å². The number of hydrogen-bond acceptors (Lipinski definition) is 4. The van der Waals surface area contributed by atoms with Crippen LogP contribution in [0.1, 0.15) is 12.8 Å². The first-order chi connectivity index (χ1) is 24.3. The highest BCUT2D eigenvalue weighted by Crippen LogP contribution is 2.46. The SMILES string of the molecule is C1=CC(C2=C(Nc3ccccc3-c3cc4c(c5ccccc35)c3cccc5c6cc7ccccc7cc6n4c53)N=C3N=CNC3[NH2+]2)=CCC1. The first-order valence-electron chi connectivity index (χ1n) is 17.0. The fraction of sp³-hybridized carbons (Fsp3) is 0.0698. The smallest absolute Gasteiger partial charge is 0.226 e. The van der Waals surface area contributed by atoms with Crippen molar-refractivity contribution in [2.24, 2.45) is 9.98 Å². The summed E-state index contributed by atoms with van der Waals surface area (Å²) in [6.45, 7) is 0. The summed E-state index contributed by atoms with van der Waals surface area (Å²) in [6.07, 6.45) is 10.6. The number of nitrogens with two attached hydrogens (primary N) is 1. The molecule has 1 unspecified atom stereocenters. The molecule has 6 nitrogen and oxygen atoms in total. The molecule has 1 aliphatic carbocycles. The number of para-hydroxylation sites is 2. The van der Waals surface area contributed by atoms with E-state index in [9.17, 15) is 0 Å². The monoisotopic (exact) mass is 631 g/mol. The lowest BCUT2D eigenvalue weighted by Gasteiger charge is -2.23. The number of aromatic nitrogens is 1. The van der Waals surface area contributed by atoms with E-state index < -0.39 is 0 Å². The molecule has 8 aromatic rings. The van der Waals surface area contributed by atoms with Gasteiger partial charge in [-0.1, -0.05) is 103 Å². The van der Waals surface area contributed by atoms with Gasteiger partial charge in [-0.25, -0.2) is 9.98 Å². The Bertz CT molecular complexity index is 2860. The minimum Gasteiger partial charge on any atom is -0.335 e. The highest BCUT2D eigenvalue weighted by Gasteiger charge is 2.33. The fourth-order valence-electron chi connectivity index (χ4n) is 8.32. The molecule has 3 aliphatic rings. The third kappa shape index (κ3) is 3.86. The molecule has 0 spiro atoms. The van der Waals surface area contributed by atoms with Gasteiger partial charge in [0.1, 0.15) is 0 Å². The van der Waals surface area contributed by atoms with Crippen LogP contribution in [0.5, 0.6) is 0 Å². The molecule has 11 rings (SSSR count). The van der Waals surface area contributed by atoms with Gasteiger partial charge in [0.15, 0.2) is 11.5 Å². The fourth-order valence-corrected chi connectivity index (χ4v) is 8.32. The molecule has 232 valence electrons. The summed E-state index contributed by atoms with van der Waals surface area (Å²) in [5, 5.41) is 19.6. The number of hydrogen-bond donors (Lipinski definition) is 3. The van der Waals surface area contributed by atoms with E-state index in [2.05, 4.69) is 153 Å². The molecule has 0 fully saturated rings. The van der Waals surface area contributed by atoms with Crippen molar-refractivity contribution in [3.8, 4) is 11.1 Å². The number of aliphatic imine (C=N–C) groups is 2. The van der Waals surface area contributed by atoms with E-state index in [0.717, 1.165) is 41.4 Å². The zero-order chi connectivity index (χ0) is 32.1. The van der Waals surface area contributed by atoms with Crippen LogP contribution in [-0.2, 0) is 0 Å². The Morgan fingerprint density at radius 3 is 2.41 bits per heavy atom. The average molecular weight is 632 g/mol. The second kappa shape index (κ2) is 10.1. The number of rotatable bonds is 4. The second-order valence-corrected chi connectivity index (χ2v) is 13.2. The zero-order valence-corrected chi connectivity index (χ0v) is 26.6. The maximum atomic E-state index is 5.07. The van der Waals surface area contributed by atoms with Gasteiger partial charge in [-0.05, 0) is 64.2 Å². The molecule has 6 aromatic carbocycles. The Morgan fingerprint density at radius 2 is 1.51 bits per heavy atom. The summed E-state index contributed by atoms with van der Waals surface area (Å²) >= 11 is 0. The molecule has 6 heteroatoms. The predicted molar refractivity (Wildman–Crippen MR) is 203 cm³/mol. The van der Waals surface area contributed by atoms with Crippen LogP contribution in [0.2, 0.25) is 0 Å². The lowest BCUT2D eigenvalue weighted by molar-refractivity contribution is -0.628. The number of amidine groups is 1. The van der Waals surface area contributed by atoms with Crippen molar-refractivity contribution in [1.82, 2.24) is 9.72 Å². The van der Waals surface area contributed by atoms with Gasteiger partial charge in [-0.15, -0.1) is 0 Å². The van der Waals surface area contributed by atoms with Crippen molar-refractivity contribution < 1.29 is 5.32 Å². The molecule has 2 aromatic heterocycles. The van der Waals surface area contributed by atoms with Crippen LogP contribution in [0.25, 0.3) is 70.8 Å². The lowest BCUT2D eigenvalue weighted by Crippen LogP contribution is -2.94. The maximum Gasteiger partial charge on any atom is 0.226 e. The maximum absolute atomic E-state index is 5.07. The quantitative estimate of drug-likeness (QED) is 0.182. The van der Waals surface area contributed by atoms with Gasteiger partial charge in [0, 0.05) is 38.4 Å². The number of benzene rings is 6. The van der Waals surface area contributed by atoms with E-state index in [1.807, 2.05) is 0 Å². The van der Waals surface area contributed by atoms with Crippen LogP contribution in [0.3, 0.4) is 0 Å². The first kappa shape index (κ1) is 26.8. The molecule has 4 N–H and O–H groups in total. The Balaban J connectivity index is 1.18. The van der Waals surface area contributed by atoms with Gasteiger partial charge in [0.25, 0.3) is 0 Å². The molecule has 0 bridgehead atoms. The molecule has 0 radical (unpaired) electrons. The number of nitrogens with one attached hydrogen (secondary N) is 2. The van der Waals surface area contributed by atoms with Gasteiger partial charge in [-0.3, -0.25) is 5.32 Å². The van der Waals surface area contributed by atoms with Crippen LogP contribution in [-0.4, -0.2) is 22.7 Å². The minimum atomic E-state index is -0.0142. The van der Waals surface area contributed by atoms with E-state index in [1.54, 1.807) is 6.34 Å². The van der Waals surface area contributed by atoms with Crippen LogP contribution in [0.15, 0.2) is 154 Å².